The predicted molar refractivity (Wildman–Crippen MR) is 84.5 cm³/mol. The third kappa shape index (κ3) is 6.25. The lowest BCUT2D eigenvalue weighted by molar-refractivity contribution is 0.513. The topological polar surface area (TPSA) is 46.2 Å². The summed E-state index contributed by atoms with van der Waals surface area (Å²) in [5, 5.41) is 4.03. The Hall–Kier alpha value is -0.100. The van der Waals surface area contributed by atoms with Crippen molar-refractivity contribution >= 4 is 37.4 Å². The molecule has 0 heterocycles. The zero-order chi connectivity index (χ0) is 14.5. The molecule has 1 unspecified atom stereocenters. The first-order valence-corrected chi connectivity index (χ1v) is 9.42. The Morgan fingerprint density at radius 2 is 2.11 bits per heavy atom. The number of halogens is 2. The van der Waals surface area contributed by atoms with Gasteiger partial charge in [-0.2, -0.15) is 0 Å². The average Bonchev–Trinajstić information content (AvgIpc) is 2.32. The van der Waals surface area contributed by atoms with Crippen LogP contribution in [0.2, 0.25) is 5.02 Å². The van der Waals surface area contributed by atoms with Crippen LogP contribution in [0.15, 0.2) is 22.7 Å². The second-order valence-electron chi connectivity index (χ2n) is 4.60. The molecule has 0 aliphatic heterocycles. The van der Waals surface area contributed by atoms with E-state index in [2.05, 4.69) is 28.2 Å². The van der Waals surface area contributed by atoms with Crippen LogP contribution in [0, 0.1) is 0 Å². The Kier molecular flexibility index (Phi) is 6.80. The summed E-state index contributed by atoms with van der Waals surface area (Å²) in [6.07, 6.45) is 2.83. The normalized spacial score (nSPS) is 13.5. The van der Waals surface area contributed by atoms with Crippen LogP contribution in [-0.4, -0.2) is 27.0 Å². The van der Waals surface area contributed by atoms with E-state index in [9.17, 15) is 8.42 Å². The molecule has 0 aromatic heterocycles. The number of rotatable bonds is 7. The highest BCUT2D eigenvalue weighted by atomic mass is 79.9. The van der Waals surface area contributed by atoms with Gasteiger partial charge in [0.15, 0.2) is 0 Å². The Morgan fingerprint density at radius 1 is 1.42 bits per heavy atom. The minimum Gasteiger partial charge on any atom is -0.310 e. The highest BCUT2D eigenvalue weighted by Crippen LogP contribution is 2.27. The smallest absolute Gasteiger partial charge is 0.147 e. The van der Waals surface area contributed by atoms with Crippen LogP contribution < -0.4 is 5.32 Å². The third-order valence-corrected chi connectivity index (χ3v) is 4.96. The molecular weight excluding hydrogens is 350 g/mol. The van der Waals surface area contributed by atoms with Crippen molar-refractivity contribution in [1.29, 1.82) is 0 Å². The quantitative estimate of drug-likeness (QED) is 0.800. The fourth-order valence-corrected chi connectivity index (χ4v) is 2.94. The molecule has 0 spiro atoms. The summed E-state index contributed by atoms with van der Waals surface area (Å²) in [5.74, 6) is 0.175. The van der Waals surface area contributed by atoms with E-state index in [0.717, 1.165) is 23.0 Å². The molecule has 1 aromatic carbocycles. The molecule has 0 fully saturated rings. The van der Waals surface area contributed by atoms with Crippen molar-refractivity contribution < 1.29 is 8.42 Å². The van der Waals surface area contributed by atoms with Gasteiger partial charge in [-0.3, -0.25) is 0 Å². The van der Waals surface area contributed by atoms with E-state index in [0.29, 0.717) is 11.4 Å². The molecule has 1 N–H and O–H groups in total. The highest BCUT2D eigenvalue weighted by molar-refractivity contribution is 9.10. The largest absolute Gasteiger partial charge is 0.310 e. The molecular formula is C13H19BrClNO2S. The lowest BCUT2D eigenvalue weighted by Gasteiger charge is -2.19. The van der Waals surface area contributed by atoms with Gasteiger partial charge in [0.05, 0.1) is 10.8 Å². The molecule has 0 bridgehead atoms. The highest BCUT2D eigenvalue weighted by Gasteiger charge is 2.14. The molecule has 0 aliphatic carbocycles. The molecule has 1 atom stereocenters. The van der Waals surface area contributed by atoms with Gasteiger partial charge in [-0.15, -0.1) is 0 Å². The zero-order valence-corrected chi connectivity index (χ0v) is 14.3. The number of hydrogen-bond donors (Lipinski definition) is 1. The van der Waals surface area contributed by atoms with Crippen molar-refractivity contribution in [2.45, 2.75) is 25.8 Å². The Balaban J connectivity index is 2.85. The molecule has 6 heteroatoms. The zero-order valence-electron chi connectivity index (χ0n) is 11.1. The van der Waals surface area contributed by atoms with Crippen LogP contribution in [-0.2, 0) is 9.84 Å². The minimum absolute atomic E-state index is 0.0308. The summed E-state index contributed by atoms with van der Waals surface area (Å²) in [6, 6.07) is 5.73. The predicted octanol–water partition coefficient (Wildman–Crippen LogP) is 3.58. The van der Waals surface area contributed by atoms with E-state index < -0.39 is 9.84 Å². The van der Waals surface area contributed by atoms with Gasteiger partial charge < -0.3 is 5.32 Å². The van der Waals surface area contributed by atoms with E-state index in [1.54, 1.807) is 0 Å². The molecule has 19 heavy (non-hydrogen) atoms. The van der Waals surface area contributed by atoms with Crippen LogP contribution in [0.25, 0.3) is 0 Å². The summed E-state index contributed by atoms with van der Waals surface area (Å²) >= 11 is 9.37. The maximum absolute atomic E-state index is 11.3. The minimum atomic E-state index is -2.95. The van der Waals surface area contributed by atoms with Gasteiger partial charge in [-0.25, -0.2) is 8.42 Å². The first-order valence-electron chi connectivity index (χ1n) is 6.19. The average molecular weight is 369 g/mol. The van der Waals surface area contributed by atoms with Gasteiger partial charge in [0, 0.05) is 16.8 Å². The van der Waals surface area contributed by atoms with Crippen LogP contribution in [0.5, 0.6) is 0 Å². The van der Waals surface area contributed by atoms with Crippen molar-refractivity contribution in [2.75, 3.05) is 18.6 Å². The lowest BCUT2D eigenvalue weighted by atomic mass is 10.0. The second kappa shape index (κ2) is 7.62. The monoisotopic (exact) mass is 367 g/mol. The lowest BCUT2D eigenvalue weighted by Crippen LogP contribution is -2.24. The molecule has 0 saturated heterocycles. The summed E-state index contributed by atoms with van der Waals surface area (Å²) in [4.78, 5) is 0. The van der Waals surface area contributed by atoms with E-state index in [4.69, 9.17) is 11.6 Å². The molecule has 108 valence electrons. The van der Waals surface area contributed by atoms with Gasteiger partial charge >= 0.3 is 0 Å². The number of nitrogens with one attached hydrogen (secondary N) is 1. The Labute approximate surface area is 128 Å². The maximum Gasteiger partial charge on any atom is 0.147 e. The van der Waals surface area contributed by atoms with Crippen molar-refractivity contribution in [2.24, 2.45) is 0 Å². The van der Waals surface area contributed by atoms with Gasteiger partial charge in [0.25, 0.3) is 0 Å². The first-order chi connectivity index (χ1) is 8.83. The number of sulfone groups is 1. The van der Waals surface area contributed by atoms with Gasteiger partial charge in [-0.05, 0) is 53.0 Å². The van der Waals surface area contributed by atoms with E-state index in [-0.39, 0.29) is 11.8 Å². The van der Waals surface area contributed by atoms with Crippen LogP contribution in [0.4, 0.5) is 0 Å². The van der Waals surface area contributed by atoms with E-state index >= 15 is 0 Å². The molecule has 0 amide bonds. The summed E-state index contributed by atoms with van der Waals surface area (Å²) in [6.45, 7) is 2.94. The molecule has 1 aromatic rings. The van der Waals surface area contributed by atoms with Gasteiger partial charge in [-0.1, -0.05) is 24.6 Å². The van der Waals surface area contributed by atoms with Crippen LogP contribution >= 0.6 is 27.5 Å². The fraction of sp³-hybridized carbons (Fsp3) is 0.538. The van der Waals surface area contributed by atoms with E-state index in [1.807, 2.05) is 18.2 Å². The van der Waals surface area contributed by atoms with Crippen molar-refractivity contribution in [3.8, 4) is 0 Å². The second-order valence-corrected chi connectivity index (χ2v) is 8.12. The maximum atomic E-state index is 11.3. The third-order valence-electron chi connectivity index (χ3n) is 2.76. The van der Waals surface area contributed by atoms with Gasteiger partial charge in [0.2, 0.25) is 0 Å². The van der Waals surface area contributed by atoms with Crippen molar-refractivity contribution in [1.82, 2.24) is 5.32 Å². The summed E-state index contributed by atoms with van der Waals surface area (Å²) < 4.78 is 23.4. The molecule has 1 rings (SSSR count). The van der Waals surface area contributed by atoms with Crippen LogP contribution in [0.1, 0.15) is 31.4 Å². The summed E-state index contributed by atoms with van der Waals surface area (Å²) in [7, 11) is -2.95. The Morgan fingerprint density at radius 3 is 2.63 bits per heavy atom. The van der Waals surface area contributed by atoms with Crippen molar-refractivity contribution in [3.05, 3.63) is 33.3 Å². The molecule has 0 saturated carbocycles. The Bertz CT molecular complexity index is 519. The van der Waals surface area contributed by atoms with E-state index in [1.165, 1.54) is 6.26 Å². The standard InChI is InChI=1S/C13H19BrClNO2S/c1-3-7-16-13(6-8-19(2,17)18)10-4-5-12(15)11(14)9-10/h4-5,9,13,16H,3,6-8H2,1-2H3. The molecule has 0 aliphatic rings. The van der Waals surface area contributed by atoms with Crippen molar-refractivity contribution in [3.63, 3.8) is 0 Å². The van der Waals surface area contributed by atoms with Gasteiger partial charge in [0.1, 0.15) is 9.84 Å². The first kappa shape index (κ1) is 17.0. The summed E-state index contributed by atoms with van der Waals surface area (Å²) in [5.41, 5.74) is 1.05. The molecule has 3 nitrogen and oxygen atoms in total. The van der Waals surface area contributed by atoms with Crippen LogP contribution in [0.3, 0.4) is 0 Å². The fourth-order valence-electron chi connectivity index (χ4n) is 1.77. The SMILES string of the molecule is CCCNC(CCS(C)(=O)=O)c1ccc(Cl)c(Br)c1. The molecule has 0 radical (unpaired) electrons. The number of benzene rings is 1. The number of hydrogen-bond acceptors (Lipinski definition) is 3.